The molecule has 0 saturated heterocycles. The van der Waals surface area contributed by atoms with Gasteiger partial charge in [-0.05, 0) is 74.1 Å². The topological polar surface area (TPSA) is 49.3 Å². The van der Waals surface area contributed by atoms with E-state index in [1.165, 1.54) is 24.0 Å². The van der Waals surface area contributed by atoms with Gasteiger partial charge in [-0.3, -0.25) is 4.79 Å². The van der Waals surface area contributed by atoms with E-state index in [9.17, 15) is 9.90 Å². The van der Waals surface area contributed by atoms with Crippen LogP contribution in [-0.4, -0.2) is 17.1 Å². The second-order valence-electron chi connectivity index (χ2n) is 7.89. The third kappa shape index (κ3) is 5.02. The maximum atomic E-state index is 12.7. The molecule has 0 radical (unpaired) electrons. The first-order valence-corrected chi connectivity index (χ1v) is 10.7. The van der Waals surface area contributed by atoms with Crippen molar-refractivity contribution in [2.24, 2.45) is 11.8 Å². The number of aryl methyl sites for hydroxylation is 1. The molecule has 0 spiro atoms. The van der Waals surface area contributed by atoms with Gasteiger partial charge in [0, 0.05) is 19.3 Å². The molecule has 0 bridgehead atoms. The first-order chi connectivity index (χ1) is 12.6. The van der Waals surface area contributed by atoms with Gasteiger partial charge in [-0.25, -0.2) is 0 Å². The van der Waals surface area contributed by atoms with E-state index in [4.69, 9.17) is 0 Å². The Balaban J connectivity index is 0.00000118. The van der Waals surface area contributed by atoms with Gasteiger partial charge in [0.25, 0.3) is 0 Å². The zero-order valence-electron chi connectivity index (χ0n) is 17.1. The normalized spacial score (nSPS) is 27.7. The average Bonchev–Trinajstić information content (AvgIpc) is 2.65. The van der Waals surface area contributed by atoms with E-state index in [2.05, 4.69) is 25.2 Å². The molecule has 1 saturated carbocycles. The molecule has 1 aromatic rings. The van der Waals surface area contributed by atoms with Gasteiger partial charge in [0.1, 0.15) is 5.75 Å². The van der Waals surface area contributed by atoms with E-state index < -0.39 is 0 Å². The minimum absolute atomic E-state index is 0. The highest BCUT2D eigenvalue weighted by molar-refractivity contribution is 5.79. The van der Waals surface area contributed by atoms with Crippen molar-refractivity contribution in [1.29, 1.82) is 0 Å². The van der Waals surface area contributed by atoms with Crippen molar-refractivity contribution in [3.05, 3.63) is 29.3 Å². The van der Waals surface area contributed by atoms with Crippen molar-refractivity contribution in [3.8, 4) is 5.75 Å². The minimum atomic E-state index is 0. The lowest BCUT2D eigenvalue weighted by Gasteiger charge is -2.36. The summed E-state index contributed by atoms with van der Waals surface area (Å²) in [5, 5.41) is 13.1. The molecule has 2 atom stereocenters. The fourth-order valence-corrected chi connectivity index (χ4v) is 4.56. The Morgan fingerprint density at radius 1 is 1.19 bits per heavy atom. The summed E-state index contributed by atoms with van der Waals surface area (Å²) in [7, 11) is 0. The fraction of sp³-hybridized carbons (Fsp3) is 0.696. The van der Waals surface area contributed by atoms with E-state index >= 15 is 0 Å². The Morgan fingerprint density at radius 2 is 1.88 bits per heavy atom. The van der Waals surface area contributed by atoms with Gasteiger partial charge in [-0.1, -0.05) is 40.2 Å². The van der Waals surface area contributed by atoms with Crippen LogP contribution in [0.25, 0.3) is 0 Å². The minimum Gasteiger partial charge on any atom is -0.508 e. The highest BCUT2D eigenvalue weighted by Crippen LogP contribution is 2.37. The zero-order valence-corrected chi connectivity index (χ0v) is 17.1. The lowest BCUT2D eigenvalue weighted by atomic mass is 9.76. The van der Waals surface area contributed by atoms with Gasteiger partial charge in [0.05, 0.1) is 0 Å². The molecule has 0 aromatic heterocycles. The van der Waals surface area contributed by atoms with Crippen LogP contribution in [0.4, 0.5) is 0 Å². The summed E-state index contributed by atoms with van der Waals surface area (Å²) in [6.07, 6.45) is 8.58. The lowest BCUT2D eigenvalue weighted by Crippen LogP contribution is -2.45. The zero-order chi connectivity index (χ0) is 19.1. The smallest absolute Gasteiger partial charge is 0.223 e. The maximum Gasteiger partial charge on any atom is 0.223 e. The second-order valence-corrected chi connectivity index (χ2v) is 7.89. The van der Waals surface area contributed by atoms with E-state index in [1.807, 2.05) is 19.9 Å². The summed E-state index contributed by atoms with van der Waals surface area (Å²) in [6.45, 7) is 8.50. The van der Waals surface area contributed by atoms with Gasteiger partial charge >= 0.3 is 0 Å². The molecule has 3 nitrogen and oxygen atoms in total. The second kappa shape index (κ2) is 9.99. The highest BCUT2D eigenvalue weighted by atomic mass is 16.3. The summed E-state index contributed by atoms with van der Waals surface area (Å²) < 4.78 is 0. The Bertz CT molecular complexity index is 582. The standard InChI is InChI=1S/C21H31NO2.C2H6.H2/c1-3-4-19-18-11-10-17(23)13-16(18)9-12-20(19)22-21(24)15-7-5-14(2)6-8-15;1-2;/h10-11,13-15,19-20,23H,3-9,12H2,1-2H3,(H,22,24);1-2H3;1H. The highest BCUT2D eigenvalue weighted by Gasteiger charge is 2.32. The van der Waals surface area contributed by atoms with Crippen LogP contribution in [-0.2, 0) is 11.2 Å². The summed E-state index contributed by atoms with van der Waals surface area (Å²) in [6, 6.07) is 5.99. The van der Waals surface area contributed by atoms with E-state index in [1.54, 1.807) is 6.07 Å². The molecule has 1 fully saturated rings. The molecule has 2 N–H and O–H groups in total. The average molecular weight is 362 g/mol. The summed E-state index contributed by atoms with van der Waals surface area (Å²) in [5.41, 5.74) is 2.58. The van der Waals surface area contributed by atoms with Crippen LogP contribution in [0, 0.1) is 11.8 Å². The molecular formula is C23H39NO2. The number of carbonyl (C=O) groups is 1. The van der Waals surface area contributed by atoms with E-state index in [0.29, 0.717) is 11.7 Å². The van der Waals surface area contributed by atoms with Crippen LogP contribution in [0.1, 0.15) is 91.1 Å². The van der Waals surface area contributed by atoms with Crippen LogP contribution < -0.4 is 5.32 Å². The monoisotopic (exact) mass is 361 g/mol. The van der Waals surface area contributed by atoms with Crippen molar-refractivity contribution < 1.29 is 11.3 Å². The Morgan fingerprint density at radius 3 is 2.54 bits per heavy atom. The number of aromatic hydroxyl groups is 1. The number of hydrogen-bond donors (Lipinski definition) is 2. The first-order valence-electron chi connectivity index (χ1n) is 10.7. The molecule has 1 amide bonds. The predicted molar refractivity (Wildman–Crippen MR) is 111 cm³/mol. The Hall–Kier alpha value is -1.51. The van der Waals surface area contributed by atoms with Gasteiger partial charge in [-0.15, -0.1) is 0 Å². The molecular weight excluding hydrogens is 322 g/mol. The van der Waals surface area contributed by atoms with Gasteiger partial charge in [0.2, 0.25) is 5.91 Å². The number of carbonyl (C=O) groups excluding carboxylic acids is 1. The van der Waals surface area contributed by atoms with Crippen molar-refractivity contribution in [2.75, 3.05) is 0 Å². The molecule has 26 heavy (non-hydrogen) atoms. The molecule has 0 heterocycles. The van der Waals surface area contributed by atoms with Crippen LogP contribution in [0.5, 0.6) is 5.75 Å². The predicted octanol–water partition coefficient (Wildman–Crippen LogP) is 5.81. The number of fused-ring (bicyclic) bond motifs is 1. The van der Waals surface area contributed by atoms with Crippen molar-refractivity contribution in [2.45, 2.75) is 91.0 Å². The van der Waals surface area contributed by atoms with Crippen molar-refractivity contribution in [1.82, 2.24) is 5.32 Å². The Labute approximate surface area is 161 Å². The molecule has 2 unspecified atom stereocenters. The third-order valence-electron chi connectivity index (χ3n) is 6.05. The van der Waals surface area contributed by atoms with Crippen LogP contribution in [0.2, 0.25) is 0 Å². The molecule has 2 aliphatic carbocycles. The van der Waals surface area contributed by atoms with Gasteiger partial charge in [-0.2, -0.15) is 0 Å². The largest absolute Gasteiger partial charge is 0.508 e. The SMILES string of the molecule is CC.CCCC1c2ccc(O)cc2CCC1NC(=O)C1CCC(C)CC1.[HH]. The molecule has 3 heteroatoms. The summed E-state index contributed by atoms with van der Waals surface area (Å²) in [5.74, 6) is 1.99. The number of benzene rings is 1. The molecule has 1 aromatic carbocycles. The molecule has 3 rings (SSSR count). The number of rotatable bonds is 4. The third-order valence-corrected chi connectivity index (χ3v) is 6.05. The van der Waals surface area contributed by atoms with Crippen LogP contribution in [0.3, 0.4) is 0 Å². The fourth-order valence-electron chi connectivity index (χ4n) is 4.56. The Kier molecular flexibility index (Phi) is 7.99. The maximum absolute atomic E-state index is 12.7. The molecule has 0 aliphatic heterocycles. The summed E-state index contributed by atoms with van der Waals surface area (Å²) >= 11 is 0. The van der Waals surface area contributed by atoms with Gasteiger partial charge < -0.3 is 10.4 Å². The first kappa shape index (κ1) is 20.8. The number of phenols is 1. The van der Waals surface area contributed by atoms with Crippen LogP contribution in [0.15, 0.2) is 18.2 Å². The number of phenolic OH excluding ortho intramolecular Hbond substituents is 1. The van der Waals surface area contributed by atoms with Crippen LogP contribution >= 0.6 is 0 Å². The van der Waals surface area contributed by atoms with Gasteiger partial charge in [0.15, 0.2) is 0 Å². The number of amides is 1. The van der Waals surface area contributed by atoms with Crippen molar-refractivity contribution >= 4 is 5.91 Å². The lowest BCUT2D eigenvalue weighted by molar-refractivity contribution is -0.127. The van der Waals surface area contributed by atoms with Crippen molar-refractivity contribution in [3.63, 3.8) is 0 Å². The summed E-state index contributed by atoms with van der Waals surface area (Å²) in [4.78, 5) is 12.7. The van der Waals surface area contributed by atoms with E-state index in [-0.39, 0.29) is 19.3 Å². The molecule has 148 valence electrons. The van der Waals surface area contributed by atoms with E-state index in [0.717, 1.165) is 44.4 Å². The number of nitrogens with one attached hydrogen (secondary N) is 1. The quantitative estimate of drug-likeness (QED) is 0.711. The number of hydrogen-bond acceptors (Lipinski definition) is 2. The molecule has 2 aliphatic rings.